The van der Waals surface area contributed by atoms with Crippen molar-refractivity contribution in [2.45, 2.75) is 9.79 Å². The molecule has 0 saturated carbocycles. The highest BCUT2D eigenvalue weighted by Crippen LogP contribution is 2.52. The zero-order chi connectivity index (χ0) is 39.5. The summed E-state index contributed by atoms with van der Waals surface area (Å²) in [6, 6.07) is 66.4. The van der Waals surface area contributed by atoms with E-state index in [1.165, 1.54) is 133 Å². The summed E-state index contributed by atoms with van der Waals surface area (Å²) in [5, 5.41) is 10.8. The minimum Gasteiger partial charge on any atom is -0.309 e. The van der Waals surface area contributed by atoms with Crippen LogP contribution in [0.25, 0.3) is 118 Å². The molecule has 7 heteroatoms. The molecule has 0 aliphatic carbocycles. The van der Waals surface area contributed by atoms with Crippen molar-refractivity contribution in [3.63, 3.8) is 0 Å². The molecule has 2 aliphatic rings. The Morgan fingerprint density at radius 1 is 0.344 bits per heavy atom. The fourth-order valence-corrected chi connectivity index (χ4v) is 15.9. The monoisotopic (exact) mass is 844 g/mol. The van der Waals surface area contributed by atoms with Crippen LogP contribution in [0.2, 0.25) is 0 Å². The van der Waals surface area contributed by atoms with Gasteiger partial charge in [-0.05, 0) is 88.4 Å². The maximum atomic E-state index is 2.54. The molecular weight excluding hydrogens is 816 g/mol. The Hall–Kier alpha value is -6.22. The summed E-state index contributed by atoms with van der Waals surface area (Å²) >= 11 is 7.82. The van der Waals surface area contributed by atoms with Crippen LogP contribution in [0, 0.1) is 0 Å². The van der Waals surface area contributed by atoms with Gasteiger partial charge in [0.2, 0.25) is 0 Å². The van der Waals surface area contributed by atoms with Crippen LogP contribution in [0.15, 0.2) is 186 Å². The van der Waals surface area contributed by atoms with Crippen LogP contribution in [-0.2, 0) is 0 Å². The number of aromatic nitrogens is 2. The SMILES string of the molecule is c1cc2c3c(c1)-c1ccc(-n4c5ccccc5c5ccc6sc7ccccc7c6c54)cc1SB3Sc1cc(-n3c4ccccc4c4ccc5sc6ccccc6c5c43)ccc1-2. The maximum absolute atomic E-state index is 2.54. The van der Waals surface area contributed by atoms with Crippen molar-refractivity contribution in [2.24, 2.45) is 0 Å². The van der Waals surface area contributed by atoms with Crippen LogP contribution >= 0.6 is 45.9 Å². The first kappa shape index (κ1) is 33.5. The summed E-state index contributed by atoms with van der Waals surface area (Å²) in [6.07, 6.45) is 0. The first-order valence-corrected chi connectivity index (χ1v) is 24.1. The van der Waals surface area contributed by atoms with Gasteiger partial charge < -0.3 is 9.13 Å². The predicted molar refractivity (Wildman–Crippen MR) is 269 cm³/mol. The fourth-order valence-electron chi connectivity index (χ4n) is 10.7. The van der Waals surface area contributed by atoms with Gasteiger partial charge in [-0.2, -0.15) is 23.2 Å². The van der Waals surface area contributed by atoms with Gasteiger partial charge in [0.05, 0.1) is 22.1 Å². The van der Waals surface area contributed by atoms with Gasteiger partial charge in [-0.3, -0.25) is 0 Å². The third-order valence-corrected chi connectivity index (χ3v) is 18.1. The number of rotatable bonds is 2. The van der Waals surface area contributed by atoms with Crippen molar-refractivity contribution in [3.05, 3.63) is 176 Å². The van der Waals surface area contributed by atoms with Crippen molar-refractivity contribution in [2.75, 3.05) is 0 Å². The molecule has 0 unspecified atom stereocenters. The summed E-state index contributed by atoms with van der Waals surface area (Å²) in [4.78, 5) is 2.67. The minimum atomic E-state index is 0.230. The maximum Gasteiger partial charge on any atom is 0.318 e. The quantitative estimate of drug-likeness (QED) is 0.160. The van der Waals surface area contributed by atoms with Gasteiger partial charge in [0.25, 0.3) is 0 Å². The second-order valence-corrected chi connectivity index (χ2v) is 21.0. The number of fused-ring (bicyclic) bond motifs is 18. The molecule has 0 N–H and O–H groups in total. The Kier molecular flexibility index (Phi) is 6.70. The highest BCUT2D eigenvalue weighted by atomic mass is 32.2. The van der Waals surface area contributed by atoms with Gasteiger partial charge in [0.1, 0.15) is 0 Å². The molecule has 0 atom stereocenters. The van der Waals surface area contributed by atoms with Gasteiger partial charge in [0, 0.05) is 83.1 Å². The second kappa shape index (κ2) is 12.2. The molecule has 61 heavy (non-hydrogen) atoms. The highest BCUT2D eigenvalue weighted by molar-refractivity contribution is 8.56. The van der Waals surface area contributed by atoms with Crippen molar-refractivity contribution >= 4 is 141 Å². The van der Waals surface area contributed by atoms with E-state index in [9.17, 15) is 0 Å². The van der Waals surface area contributed by atoms with Gasteiger partial charge in [0.15, 0.2) is 0 Å². The van der Waals surface area contributed by atoms with E-state index < -0.39 is 0 Å². The predicted octanol–water partition coefficient (Wildman–Crippen LogP) is 15.9. The second-order valence-electron chi connectivity index (χ2n) is 16.3. The normalized spacial score (nSPS) is 13.4. The van der Waals surface area contributed by atoms with Crippen LogP contribution < -0.4 is 5.46 Å². The Morgan fingerprint density at radius 2 is 0.803 bits per heavy atom. The summed E-state index contributed by atoms with van der Waals surface area (Å²) in [6.45, 7) is 0. The third-order valence-electron chi connectivity index (χ3n) is 13.2. The zero-order valence-corrected chi connectivity index (χ0v) is 35.6. The van der Waals surface area contributed by atoms with Crippen LogP contribution in [0.1, 0.15) is 0 Å². The molecule has 15 rings (SSSR count). The van der Waals surface area contributed by atoms with E-state index in [0.29, 0.717) is 0 Å². The Bertz CT molecular complexity index is 3830. The molecule has 0 amide bonds. The van der Waals surface area contributed by atoms with Crippen molar-refractivity contribution in [1.82, 2.24) is 9.13 Å². The lowest BCUT2D eigenvalue weighted by Gasteiger charge is -2.32. The van der Waals surface area contributed by atoms with Crippen molar-refractivity contribution in [1.29, 1.82) is 0 Å². The van der Waals surface area contributed by atoms with Crippen LogP contribution in [-0.4, -0.2) is 14.4 Å². The molecule has 13 aromatic rings. The van der Waals surface area contributed by atoms with E-state index in [1.807, 2.05) is 45.9 Å². The minimum absolute atomic E-state index is 0.230. The molecule has 2 nitrogen and oxygen atoms in total. The van der Waals surface area contributed by atoms with Crippen molar-refractivity contribution in [3.8, 4) is 33.6 Å². The Labute approximate surface area is 366 Å². The summed E-state index contributed by atoms with van der Waals surface area (Å²) in [7, 11) is 0. The molecular formula is C54H29BN2S4. The summed E-state index contributed by atoms with van der Waals surface area (Å²) in [5.41, 5.74) is 14.3. The van der Waals surface area contributed by atoms with E-state index in [2.05, 4.69) is 185 Å². The fraction of sp³-hybridized carbons (Fsp3) is 0. The highest BCUT2D eigenvalue weighted by Gasteiger charge is 2.37. The molecule has 4 aromatic heterocycles. The summed E-state index contributed by atoms with van der Waals surface area (Å²) in [5.74, 6) is 0. The number of para-hydroxylation sites is 2. The van der Waals surface area contributed by atoms with E-state index in [1.54, 1.807) is 0 Å². The Morgan fingerprint density at radius 3 is 1.31 bits per heavy atom. The number of hydrogen-bond acceptors (Lipinski definition) is 4. The largest absolute Gasteiger partial charge is 0.318 e. The standard InChI is InChI=1S/C54H29BN2S4/c1-5-16-42-32(10-1)38-24-26-46-50(40-12-3-7-18-44(40)58-46)53(38)56(42)30-20-22-34-36-14-9-15-37-35-23-21-31(29-49(35)61-55(52(36)37)60-48(34)28-30)57-43-17-6-2-11-33(43)39-25-27-47-51(54(39)57)41-13-4-8-19-45(41)59-47/h1-29H. The van der Waals surface area contributed by atoms with Gasteiger partial charge >= 0.3 is 5.27 Å². The third kappa shape index (κ3) is 4.46. The molecule has 0 fully saturated rings. The lowest BCUT2D eigenvalue weighted by atomic mass is 9.77. The molecule has 282 valence electrons. The summed E-state index contributed by atoms with van der Waals surface area (Å²) < 4.78 is 10.4. The van der Waals surface area contributed by atoms with Gasteiger partial charge in [-0.25, -0.2) is 0 Å². The smallest absolute Gasteiger partial charge is 0.309 e. The van der Waals surface area contributed by atoms with Crippen molar-refractivity contribution < 1.29 is 0 Å². The van der Waals surface area contributed by atoms with Crippen LogP contribution in [0.4, 0.5) is 0 Å². The molecule has 0 bridgehead atoms. The van der Waals surface area contributed by atoms with Gasteiger partial charge in [-0.1, -0.05) is 115 Å². The Balaban J connectivity index is 0.911. The van der Waals surface area contributed by atoms with E-state index in [0.717, 1.165) is 0 Å². The van der Waals surface area contributed by atoms with Gasteiger partial charge in [-0.15, -0.1) is 22.7 Å². The number of benzene rings is 9. The molecule has 0 saturated heterocycles. The van der Waals surface area contributed by atoms with E-state index in [4.69, 9.17) is 0 Å². The average molecular weight is 845 g/mol. The van der Waals surface area contributed by atoms with Crippen LogP contribution in [0.3, 0.4) is 0 Å². The van der Waals surface area contributed by atoms with Crippen LogP contribution in [0.5, 0.6) is 0 Å². The first-order valence-electron chi connectivity index (χ1n) is 20.7. The lowest BCUT2D eigenvalue weighted by Crippen LogP contribution is -2.33. The van der Waals surface area contributed by atoms with E-state index >= 15 is 0 Å². The first-order chi connectivity index (χ1) is 30.2. The molecule has 9 aromatic carbocycles. The zero-order valence-electron chi connectivity index (χ0n) is 32.3. The van der Waals surface area contributed by atoms with E-state index in [-0.39, 0.29) is 5.27 Å². The number of hydrogen-bond donors (Lipinski definition) is 0. The molecule has 0 spiro atoms. The lowest BCUT2D eigenvalue weighted by molar-refractivity contribution is 1.17. The number of nitrogens with zero attached hydrogens (tertiary/aromatic N) is 2. The number of thiophene rings is 2. The molecule has 6 heterocycles. The topological polar surface area (TPSA) is 9.86 Å². The molecule has 2 aliphatic heterocycles. The average Bonchev–Trinajstić information content (AvgIpc) is 4.06. The molecule has 0 radical (unpaired) electrons.